The van der Waals surface area contributed by atoms with Crippen molar-refractivity contribution in [3.05, 3.63) is 88.4 Å². The van der Waals surface area contributed by atoms with Gasteiger partial charge in [-0.15, -0.1) is 0 Å². The number of esters is 1. The number of amides is 1. The van der Waals surface area contributed by atoms with Crippen LogP contribution in [0.4, 0.5) is 11.4 Å². The topological polar surface area (TPSA) is 102 Å². The summed E-state index contributed by atoms with van der Waals surface area (Å²) in [4.78, 5) is 24.3. The molecule has 32 heavy (non-hydrogen) atoms. The van der Waals surface area contributed by atoms with Crippen LogP contribution in [0.15, 0.2) is 71.6 Å². The summed E-state index contributed by atoms with van der Waals surface area (Å²) in [5.41, 5.74) is 2.18. The minimum Gasteiger partial charge on any atom is -0.462 e. The molecule has 0 radical (unpaired) electrons. The van der Waals surface area contributed by atoms with Gasteiger partial charge in [-0.1, -0.05) is 29.3 Å². The van der Waals surface area contributed by atoms with E-state index in [4.69, 9.17) is 16.3 Å². The summed E-state index contributed by atoms with van der Waals surface area (Å²) in [5, 5.41) is 2.77. The van der Waals surface area contributed by atoms with Crippen LogP contribution in [-0.2, 0) is 14.8 Å². The Morgan fingerprint density at radius 2 is 1.56 bits per heavy atom. The van der Waals surface area contributed by atoms with Crippen molar-refractivity contribution in [2.24, 2.45) is 0 Å². The molecule has 3 aromatic rings. The fraction of sp³-hybridized carbons (Fsp3) is 0.130. The first-order chi connectivity index (χ1) is 15.2. The molecule has 0 saturated heterocycles. The van der Waals surface area contributed by atoms with Crippen LogP contribution in [0.3, 0.4) is 0 Å². The van der Waals surface area contributed by atoms with Crippen LogP contribution in [-0.4, -0.2) is 26.9 Å². The molecule has 0 fully saturated rings. The number of carbonyl (C=O) groups excluding carboxylic acids is 2. The minimum atomic E-state index is -3.82. The normalized spacial score (nSPS) is 11.0. The van der Waals surface area contributed by atoms with E-state index in [1.54, 1.807) is 43.3 Å². The lowest BCUT2D eigenvalue weighted by Gasteiger charge is -2.11. The van der Waals surface area contributed by atoms with Crippen LogP contribution in [0.5, 0.6) is 0 Å². The molecule has 0 unspecified atom stereocenters. The molecule has 9 heteroatoms. The van der Waals surface area contributed by atoms with E-state index in [1.807, 2.05) is 6.92 Å². The van der Waals surface area contributed by atoms with E-state index in [9.17, 15) is 18.0 Å². The molecule has 0 bridgehead atoms. The predicted molar refractivity (Wildman–Crippen MR) is 124 cm³/mol. The van der Waals surface area contributed by atoms with E-state index in [0.29, 0.717) is 11.3 Å². The molecule has 0 aliphatic heterocycles. The van der Waals surface area contributed by atoms with Gasteiger partial charge in [0.25, 0.3) is 15.9 Å². The number of hydrogen-bond donors (Lipinski definition) is 2. The van der Waals surface area contributed by atoms with Crippen molar-refractivity contribution in [2.45, 2.75) is 18.7 Å². The summed E-state index contributed by atoms with van der Waals surface area (Å²) >= 11 is 6.22. The van der Waals surface area contributed by atoms with Gasteiger partial charge in [-0.2, -0.15) is 0 Å². The van der Waals surface area contributed by atoms with E-state index < -0.39 is 21.9 Å². The standard InChI is InChI=1S/C23H21ClN2O5S/c1-3-31-23(28)16-6-9-18(10-7-16)25-22(27)17-8-13-21(20(24)14-17)26-32(29,30)19-11-4-15(2)5-12-19/h4-14,26H,3H2,1-2H3,(H,25,27). The summed E-state index contributed by atoms with van der Waals surface area (Å²) in [6.45, 7) is 3.85. The lowest BCUT2D eigenvalue weighted by Crippen LogP contribution is -2.15. The van der Waals surface area contributed by atoms with Gasteiger partial charge in [0.2, 0.25) is 0 Å². The summed E-state index contributed by atoms with van der Waals surface area (Å²) in [5.74, 6) is -0.885. The first kappa shape index (κ1) is 23.3. The second-order valence-electron chi connectivity index (χ2n) is 6.87. The zero-order chi connectivity index (χ0) is 23.3. The average Bonchev–Trinajstić information content (AvgIpc) is 2.76. The van der Waals surface area contributed by atoms with Crippen molar-refractivity contribution >= 4 is 44.9 Å². The number of halogens is 1. The Balaban J connectivity index is 1.71. The molecule has 2 N–H and O–H groups in total. The number of sulfonamides is 1. The summed E-state index contributed by atoms with van der Waals surface area (Å²) < 4.78 is 32.5. The zero-order valence-electron chi connectivity index (χ0n) is 17.4. The molecule has 0 aliphatic carbocycles. The first-order valence-electron chi connectivity index (χ1n) is 9.67. The van der Waals surface area contributed by atoms with Crippen molar-refractivity contribution in [3.63, 3.8) is 0 Å². The van der Waals surface area contributed by atoms with Gasteiger partial charge >= 0.3 is 5.97 Å². The molecule has 0 heterocycles. The van der Waals surface area contributed by atoms with E-state index >= 15 is 0 Å². The smallest absolute Gasteiger partial charge is 0.338 e. The molecule has 7 nitrogen and oxygen atoms in total. The van der Waals surface area contributed by atoms with Crippen molar-refractivity contribution in [3.8, 4) is 0 Å². The van der Waals surface area contributed by atoms with Crippen molar-refractivity contribution < 1.29 is 22.7 Å². The van der Waals surface area contributed by atoms with Gasteiger partial charge in [0.15, 0.2) is 0 Å². The zero-order valence-corrected chi connectivity index (χ0v) is 19.0. The Morgan fingerprint density at radius 1 is 0.938 bits per heavy atom. The second kappa shape index (κ2) is 9.84. The van der Waals surface area contributed by atoms with Gasteiger partial charge < -0.3 is 10.1 Å². The number of rotatable bonds is 7. The van der Waals surface area contributed by atoms with E-state index in [2.05, 4.69) is 10.0 Å². The van der Waals surface area contributed by atoms with Crippen LogP contribution in [0.1, 0.15) is 33.2 Å². The molecule has 0 aromatic heterocycles. The Labute approximate surface area is 191 Å². The van der Waals surface area contributed by atoms with Gasteiger partial charge in [-0.3, -0.25) is 9.52 Å². The highest BCUT2D eigenvalue weighted by molar-refractivity contribution is 7.92. The Kier molecular flexibility index (Phi) is 7.17. The fourth-order valence-electron chi connectivity index (χ4n) is 2.77. The Hall–Kier alpha value is -3.36. The van der Waals surface area contributed by atoms with Crippen LogP contribution in [0.2, 0.25) is 5.02 Å². The highest BCUT2D eigenvalue weighted by Crippen LogP contribution is 2.26. The van der Waals surface area contributed by atoms with Crippen LogP contribution >= 0.6 is 11.6 Å². The maximum absolute atomic E-state index is 12.6. The highest BCUT2D eigenvalue weighted by atomic mass is 35.5. The molecule has 3 rings (SSSR count). The first-order valence-corrected chi connectivity index (χ1v) is 11.5. The summed E-state index contributed by atoms with van der Waals surface area (Å²) in [7, 11) is -3.82. The third-order valence-corrected chi connectivity index (χ3v) is 6.15. The molecule has 0 spiro atoms. The van der Waals surface area contributed by atoms with Gasteiger partial charge in [-0.05, 0) is 68.4 Å². The summed E-state index contributed by atoms with van der Waals surface area (Å²) in [6.07, 6.45) is 0. The number of ether oxygens (including phenoxy) is 1. The van der Waals surface area contributed by atoms with Gasteiger partial charge in [0, 0.05) is 11.3 Å². The van der Waals surface area contributed by atoms with Crippen molar-refractivity contribution in [2.75, 3.05) is 16.6 Å². The molecule has 1 amide bonds. The number of benzene rings is 3. The number of carbonyl (C=O) groups is 2. The molecule has 0 aliphatic rings. The van der Waals surface area contributed by atoms with Crippen molar-refractivity contribution in [1.82, 2.24) is 0 Å². The van der Waals surface area contributed by atoms with Crippen LogP contribution < -0.4 is 10.0 Å². The molecule has 0 saturated carbocycles. The van der Waals surface area contributed by atoms with Gasteiger partial charge in [0.05, 0.1) is 27.8 Å². The number of anilines is 2. The maximum atomic E-state index is 12.6. The number of hydrogen-bond acceptors (Lipinski definition) is 5. The molecular formula is C23H21ClN2O5S. The maximum Gasteiger partial charge on any atom is 0.338 e. The third kappa shape index (κ3) is 5.66. The Bertz CT molecular complexity index is 1240. The Morgan fingerprint density at radius 3 is 2.16 bits per heavy atom. The number of nitrogens with one attached hydrogen (secondary N) is 2. The lowest BCUT2D eigenvalue weighted by atomic mass is 10.1. The lowest BCUT2D eigenvalue weighted by molar-refractivity contribution is 0.0526. The van der Waals surface area contributed by atoms with Crippen LogP contribution in [0.25, 0.3) is 0 Å². The molecule has 3 aromatic carbocycles. The average molecular weight is 473 g/mol. The quantitative estimate of drug-likeness (QED) is 0.477. The van der Waals surface area contributed by atoms with Crippen molar-refractivity contribution in [1.29, 1.82) is 0 Å². The van der Waals surface area contributed by atoms with Crippen LogP contribution in [0, 0.1) is 6.92 Å². The second-order valence-corrected chi connectivity index (χ2v) is 8.95. The molecule has 0 atom stereocenters. The van der Waals surface area contributed by atoms with E-state index in [-0.39, 0.29) is 27.8 Å². The fourth-order valence-corrected chi connectivity index (χ4v) is 4.13. The monoisotopic (exact) mass is 472 g/mol. The van der Waals surface area contributed by atoms with Gasteiger partial charge in [0.1, 0.15) is 0 Å². The number of aryl methyl sites for hydroxylation is 1. The SMILES string of the molecule is CCOC(=O)c1ccc(NC(=O)c2ccc(NS(=O)(=O)c3ccc(C)cc3)c(Cl)c2)cc1. The minimum absolute atomic E-state index is 0.0750. The summed E-state index contributed by atoms with van der Waals surface area (Å²) in [6, 6.07) is 16.9. The predicted octanol–water partition coefficient (Wildman–Crippen LogP) is 4.88. The van der Waals surface area contributed by atoms with Gasteiger partial charge in [-0.25, -0.2) is 13.2 Å². The molecular weight excluding hydrogens is 452 g/mol. The van der Waals surface area contributed by atoms with E-state index in [0.717, 1.165) is 5.56 Å². The molecule has 166 valence electrons. The largest absolute Gasteiger partial charge is 0.462 e. The third-order valence-electron chi connectivity index (χ3n) is 4.46. The van der Waals surface area contributed by atoms with E-state index in [1.165, 1.54) is 30.3 Å². The highest BCUT2D eigenvalue weighted by Gasteiger charge is 2.17.